The number of carbonyl (C=O) groups excluding carboxylic acids is 2. The molecule has 0 aliphatic carbocycles. The average molecular weight is 311 g/mol. The van der Waals surface area contributed by atoms with Crippen LogP contribution in [0.2, 0.25) is 0 Å². The number of aryl methyl sites for hydroxylation is 1. The number of amides is 2. The number of hydrogen-bond donors (Lipinski definition) is 3. The van der Waals surface area contributed by atoms with Gasteiger partial charge in [0.15, 0.2) is 9.84 Å². The molecule has 1 aliphatic heterocycles. The summed E-state index contributed by atoms with van der Waals surface area (Å²) in [5.74, 6) is -1.82. The molecule has 0 spiro atoms. The maximum absolute atomic E-state index is 11.8. The summed E-state index contributed by atoms with van der Waals surface area (Å²) in [5, 5.41) is 4.82. The van der Waals surface area contributed by atoms with Crippen LogP contribution in [0.1, 0.15) is 12.0 Å². The molecule has 1 unspecified atom stereocenters. The summed E-state index contributed by atoms with van der Waals surface area (Å²) in [7, 11) is -3.10. The zero-order valence-electron chi connectivity index (χ0n) is 11.5. The van der Waals surface area contributed by atoms with Crippen LogP contribution in [0.25, 0.3) is 0 Å². The van der Waals surface area contributed by atoms with Crippen molar-refractivity contribution in [3.63, 3.8) is 0 Å². The van der Waals surface area contributed by atoms with Gasteiger partial charge in [-0.2, -0.15) is 0 Å². The second-order valence-corrected chi connectivity index (χ2v) is 7.35. The molecule has 1 aromatic carbocycles. The molecule has 1 atom stereocenters. The zero-order chi connectivity index (χ0) is 15.6. The van der Waals surface area contributed by atoms with Crippen molar-refractivity contribution < 1.29 is 18.0 Å². The predicted molar refractivity (Wildman–Crippen MR) is 79.4 cm³/mol. The lowest BCUT2D eigenvalue weighted by Gasteiger charge is -2.12. The fourth-order valence-electron chi connectivity index (χ4n) is 2.13. The molecule has 1 saturated heterocycles. The molecule has 0 aromatic heterocycles. The summed E-state index contributed by atoms with van der Waals surface area (Å²) >= 11 is 0. The minimum Gasteiger partial charge on any atom is -0.397 e. The minimum absolute atomic E-state index is 0.0322. The van der Waals surface area contributed by atoms with Gasteiger partial charge in [-0.15, -0.1) is 0 Å². The second kappa shape index (κ2) is 5.72. The van der Waals surface area contributed by atoms with Gasteiger partial charge in [-0.25, -0.2) is 8.42 Å². The monoisotopic (exact) mass is 311 g/mol. The lowest BCUT2D eigenvalue weighted by Crippen LogP contribution is -2.42. The molecule has 114 valence electrons. The summed E-state index contributed by atoms with van der Waals surface area (Å²) in [6.07, 6.45) is 0.327. The maximum atomic E-state index is 11.8. The number of benzene rings is 1. The lowest BCUT2D eigenvalue weighted by molar-refractivity contribution is -0.136. The second-order valence-electron chi connectivity index (χ2n) is 5.12. The number of anilines is 2. The van der Waals surface area contributed by atoms with E-state index in [1.165, 1.54) is 0 Å². The van der Waals surface area contributed by atoms with E-state index in [1.54, 1.807) is 18.2 Å². The first kappa shape index (κ1) is 15.3. The zero-order valence-corrected chi connectivity index (χ0v) is 12.4. The molecular formula is C13H17N3O4S. The van der Waals surface area contributed by atoms with E-state index in [4.69, 9.17) is 5.73 Å². The van der Waals surface area contributed by atoms with Crippen molar-refractivity contribution in [1.82, 2.24) is 5.32 Å². The first-order chi connectivity index (χ1) is 9.77. The van der Waals surface area contributed by atoms with Crippen LogP contribution in [0.15, 0.2) is 18.2 Å². The van der Waals surface area contributed by atoms with Crippen LogP contribution in [0.3, 0.4) is 0 Å². The van der Waals surface area contributed by atoms with E-state index in [9.17, 15) is 18.0 Å². The largest absolute Gasteiger partial charge is 0.397 e. The number of nitrogen functional groups attached to an aromatic ring is 1. The number of nitrogens with two attached hydrogens (primary N) is 1. The molecule has 0 bridgehead atoms. The quantitative estimate of drug-likeness (QED) is 0.517. The van der Waals surface area contributed by atoms with Crippen molar-refractivity contribution in [3.05, 3.63) is 23.8 Å². The third-order valence-electron chi connectivity index (χ3n) is 3.23. The van der Waals surface area contributed by atoms with E-state index in [2.05, 4.69) is 10.6 Å². The van der Waals surface area contributed by atoms with Crippen LogP contribution in [0.5, 0.6) is 0 Å². The Bertz CT molecular complexity index is 685. The van der Waals surface area contributed by atoms with Crippen molar-refractivity contribution in [2.45, 2.75) is 19.4 Å². The third kappa shape index (κ3) is 3.94. The molecule has 1 aromatic rings. The highest BCUT2D eigenvalue weighted by molar-refractivity contribution is 7.91. The van der Waals surface area contributed by atoms with E-state index < -0.39 is 27.7 Å². The summed E-state index contributed by atoms with van der Waals surface area (Å²) in [6, 6.07) is 4.53. The Morgan fingerprint density at radius 1 is 1.29 bits per heavy atom. The van der Waals surface area contributed by atoms with Gasteiger partial charge >= 0.3 is 11.8 Å². The van der Waals surface area contributed by atoms with E-state index >= 15 is 0 Å². The van der Waals surface area contributed by atoms with Crippen molar-refractivity contribution in [3.8, 4) is 0 Å². The number of sulfone groups is 1. The molecule has 21 heavy (non-hydrogen) atoms. The molecule has 2 rings (SSSR count). The van der Waals surface area contributed by atoms with Gasteiger partial charge in [0.05, 0.1) is 22.9 Å². The van der Waals surface area contributed by atoms with Crippen molar-refractivity contribution in [2.75, 3.05) is 22.6 Å². The highest BCUT2D eigenvalue weighted by atomic mass is 32.2. The van der Waals surface area contributed by atoms with Gasteiger partial charge in [-0.05, 0) is 31.0 Å². The minimum atomic E-state index is -3.10. The smallest absolute Gasteiger partial charge is 0.313 e. The first-order valence-corrected chi connectivity index (χ1v) is 8.27. The number of rotatable bonds is 2. The average Bonchev–Trinajstić information content (AvgIpc) is 2.72. The summed E-state index contributed by atoms with van der Waals surface area (Å²) in [4.78, 5) is 23.5. The van der Waals surface area contributed by atoms with Crippen LogP contribution in [-0.2, 0) is 19.4 Å². The fourth-order valence-corrected chi connectivity index (χ4v) is 3.81. The summed E-state index contributed by atoms with van der Waals surface area (Å²) in [6.45, 7) is 1.86. The van der Waals surface area contributed by atoms with E-state index in [0.29, 0.717) is 17.8 Å². The van der Waals surface area contributed by atoms with Crippen LogP contribution in [-0.4, -0.2) is 37.8 Å². The number of nitrogens with one attached hydrogen (secondary N) is 2. The number of hydrogen-bond acceptors (Lipinski definition) is 5. The Morgan fingerprint density at radius 3 is 2.57 bits per heavy atom. The molecule has 0 saturated carbocycles. The number of carbonyl (C=O) groups is 2. The van der Waals surface area contributed by atoms with Gasteiger partial charge in [0, 0.05) is 6.04 Å². The van der Waals surface area contributed by atoms with Crippen molar-refractivity contribution >= 4 is 33.0 Å². The van der Waals surface area contributed by atoms with Gasteiger partial charge in [-0.1, -0.05) is 6.07 Å². The summed E-state index contributed by atoms with van der Waals surface area (Å²) in [5.41, 5.74) is 7.39. The molecule has 1 heterocycles. The van der Waals surface area contributed by atoms with Gasteiger partial charge in [0.25, 0.3) is 0 Å². The van der Waals surface area contributed by atoms with Gasteiger partial charge in [0.1, 0.15) is 0 Å². The third-order valence-corrected chi connectivity index (χ3v) is 5.00. The van der Waals surface area contributed by atoms with Crippen molar-refractivity contribution in [2.24, 2.45) is 0 Å². The van der Waals surface area contributed by atoms with Crippen LogP contribution in [0, 0.1) is 6.92 Å². The Morgan fingerprint density at radius 2 is 2.00 bits per heavy atom. The molecule has 8 heteroatoms. The van der Waals surface area contributed by atoms with Crippen molar-refractivity contribution in [1.29, 1.82) is 0 Å². The Balaban J connectivity index is 1.95. The highest BCUT2D eigenvalue weighted by Gasteiger charge is 2.30. The van der Waals surface area contributed by atoms with Gasteiger partial charge in [0.2, 0.25) is 0 Å². The van der Waals surface area contributed by atoms with Crippen LogP contribution < -0.4 is 16.4 Å². The summed E-state index contributed by atoms with van der Waals surface area (Å²) < 4.78 is 22.6. The first-order valence-electron chi connectivity index (χ1n) is 6.45. The van der Waals surface area contributed by atoms with Crippen LogP contribution in [0.4, 0.5) is 11.4 Å². The normalized spacial score (nSPS) is 20.0. The maximum Gasteiger partial charge on any atom is 0.313 e. The lowest BCUT2D eigenvalue weighted by atomic mass is 10.2. The molecule has 4 N–H and O–H groups in total. The standard InChI is InChI=1S/C13H17N3O4S/c1-8-2-3-11(10(14)6-8)16-13(18)12(17)15-9-4-5-21(19,20)7-9/h2-3,6,9H,4-5,7,14H2,1H3,(H,15,17)(H,16,18). The predicted octanol–water partition coefficient (Wildman–Crippen LogP) is -0.181. The van der Waals surface area contributed by atoms with E-state index in [-0.39, 0.29) is 11.5 Å². The van der Waals surface area contributed by atoms with E-state index in [1.807, 2.05) is 6.92 Å². The molecule has 2 amide bonds. The Kier molecular flexibility index (Phi) is 4.17. The van der Waals surface area contributed by atoms with Gasteiger partial charge < -0.3 is 16.4 Å². The Labute approximate surface area is 122 Å². The topological polar surface area (TPSA) is 118 Å². The molecule has 1 fully saturated rings. The highest BCUT2D eigenvalue weighted by Crippen LogP contribution is 2.19. The molecule has 0 radical (unpaired) electrons. The fraction of sp³-hybridized carbons (Fsp3) is 0.385. The molecule has 1 aliphatic rings. The molecular weight excluding hydrogens is 294 g/mol. The Hall–Kier alpha value is -2.09. The van der Waals surface area contributed by atoms with E-state index in [0.717, 1.165) is 5.56 Å². The molecule has 7 nitrogen and oxygen atoms in total. The van der Waals surface area contributed by atoms with Gasteiger partial charge in [-0.3, -0.25) is 9.59 Å². The van der Waals surface area contributed by atoms with Crippen LogP contribution >= 0.6 is 0 Å². The SMILES string of the molecule is Cc1ccc(NC(=O)C(=O)NC2CCS(=O)(=O)C2)c(N)c1.